The van der Waals surface area contributed by atoms with Gasteiger partial charge in [-0.05, 0) is 60.7 Å². The Labute approximate surface area is 220 Å². The molecule has 5 rings (SSSR count). The first-order valence-corrected chi connectivity index (χ1v) is 13.0. The third-order valence-electron chi connectivity index (χ3n) is 7.43. The molecule has 4 aromatic rings. The summed E-state index contributed by atoms with van der Waals surface area (Å²) in [5, 5.41) is 4.74. The molecule has 1 aliphatic heterocycles. The predicted octanol–water partition coefficient (Wildman–Crippen LogP) is 4.48. The first-order chi connectivity index (χ1) is 18.3. The van der Waals surface area contributed by atoms with Crippen LogP contribution in [0.4, 0.5) is 16.0 Å². The summed E-state index contributed by atoms with van der Waals surface area (Å²) in [7, 11) is 1.87. The normalized spacial score (nSPS) is 14.7. The number of hydrogen-bond donors (Lipinski definition) is 2. The number of halogens is 1. The van der Waals surface area contributed by atoms with Gasteiger partial charge in [0.2, 0.25) is 11.9 Å². The lowest BCUT2D eigenvalue weighted by Gasteiger charge is -2.34. The van der Waals surface area contributed by atoms with Gasteiger partial charge in [0.25, 0.3) is 5.56 Å². The topological polar surface area (TPSA) is 86.3 Å². The molecule has 0 radical (unpaired) electrons. The highest BCUT2D eigenvalue weighted by Gasteiger charge is 2.19. The molecular formula is C29H33FN6O2. The average molecular weight is 517 g/mol. The fourth-order valence-electron chi connectivity index (χ4n) is 5.16. The second-order valence-electron chi connectivity index (χ2n) is 9.86. The summed E-state index contributed by atoms with van der Waals surface area (Å²) in [4.78, 5) is 37.2. The summed E-state index contributed by atoms with van der Waals surface area (Å²) in [6, 6.07) is 8.43. The Kier molecular flexibility index (Phi) is 7.03. The number of carbonyl (C=O) groups is 1. The van der Waals surface area contributed by atoms with Crippen LogP contribution < -0.4 is 10.9 Å². The molecule has 0 spiro atoms. The van der Waals surface area contributed by atoms with E-state index in [4.69, 9.17) is 4.98 Å². The van der Waals surface area contributed by atoms with Gasteiger partial charge in [0.05, 0.1) is 16.4 Å². The molecule has 198 valence electrons. The van der Waals surface area contributed by atoms with Crippen LogP contribution in [0.15, 0.2) is 41.2 Å². The van der Waals surface area contributed by atoms with Gasteiger partial charge in [0.1, 0.15) is 5.82 Å². The Morgan fingerprint density at radius 3 is 2.63 bits per heavy atom. The lowest BCUT2D eigenvalue weighted by molar-refractivity contribution is -0.132. The van der Waals surface area contributed by atoms with Crippen LogP contribution in [0.2, 0.25) is 0 Å². The summed E-state index contributed by atoms with van der Waals surface area (Å²) in [6.07, 6.45) is 4.58. The predicted molar refractivity (Wildman–Crippen MR) is 150 cm³/mol. The van der Waals surface area contributed by atoms with Crippen molar-refractivity contribution < 1.29 is 9.18 Å². The third-order valence-corrected chi connectivity index (χ3v) is 7.43. The van der Waals surface area contributed by atoms with Gasteiger partial charge in [-0.3, -0.25) is 14.5 Å². The van der Waals surface area contributed by atoms with Crippen LogP contribution in [0.25, 0.3) is 27.9 Å². The zero-order chi connectivity index (χ0) is 27.0. The molecule has 0 saturated carbocycles. The number of rotatable bonds is 6. The minimum absolute atomic E-state index is 0.171. The van der Waals surface area contributed by atoms with Gasteiger partial charge >= 0.3 is 0 Å². The van der Waals surface area contributed by atoms with Crippen LogP contribution in [-0.2, 0) is 11.8 Å². The number of anilines is 2. The molecule has 1 amide bonds. The van der Waals surface area contributed by atoms with Crippen molar-refractivity contribution in [2.75, 3.05) is 38.0 Å². The van der Waals surface area contributed by atoms with E-state index in [-0.39, 0.29) is 17.3 Å². The van der Waals surface area contributed by atoms with Crippen molar-refractivity contribution in [2.24, 2.45) is 7.05 Å². The van der Waals surface area contributed by atoms with Gasteiger partial charge in [-0.2, -0.15) is 0 Å². The number of pyridine rings is 1. The number of benzene rings is 2. The molecule has 0 unspecified atom stereocenters. The number of imidazole rings is 1. The average Bonchev–Trinajstić information content (AvgIpc) is 3.23. The van der Waals surface area contributed by atoms with E-state index in [1.165, 1.54) is 12.1 Å². The van der Waals surface area contributed by atoms with E-state index < -0.39 is 0 Å². The van der Waals surface area contributed by atoms with Crippen LogP contribution in [0.3, 0.4) is 0 Å². The van der Waals surface area contributed by atoms with E-state index in [1.807, 2.05) is 55.5 Å². The highest BCUT2D eigenvalue weighted by atomic mass is 19.1. The van der Waals surface area contributed by atoms with Crippen molar-refractivity contribution >= 4 is 45.4 Å². The van der Waals surface area contributed by atoms with Crippen molar-refractivity contribution in [3.8, 4) is 0 Å². The maximum atomic E-state index is 13.5. The first kappa shape index (κ1) is 25.7. The molecule has 0 aliphatic carbocycles. The number of nitrogens with zero attached hydrogens (tertiary/aromatic N) is 4. The molecular weight excluding hydrogens is 483 g/mol. The third kappa shape index (κ3) is 4.81. The first-order valence-electron chi connectivity index (χ1n) is 13.0. The largest absolute Gasteiger partial charge is 0.340 e. The second kappa shape index (κ2) is 10.4. The van der Waals surface area contributed by atoms with E-state index in [1.54, 1.807) is 6.07 Å². The molecule has 0 atom stereocenters. The second-order valence-corrected chi connectivity index (χ2v) is 9.86. The quantitative estimate of drug-likeness (QED) is 0.395. The number of hydrogen-bond acceptors (Lipinski definition) is 5. The summed E-state index contributed by atoms with van der Waals surface area (Å²) in [5.74, 6) is 0.492. The van der Waals surface area contributed by atoms with Crippen LogP contribution in [0.5, 0.6) is 0 Å². The number of aryl methyl sites for hydroxylation is 3. The van der Waals surface area contributed by atoms with Gasteiger partial charge in [-0.15, -0.1) is 0 Å². The fourth-order valence-corrected chi connectivity index (χ4v) is 5.16. The van der Waals surface area contributed by atoms with Crippen molar-refractivity contribution in [3.63, 3.8) is 0 Å². The highest BCUT2D eigenvalue weighted by molar-refractivity contribution is 6.06. The Morgan fingerprint density at radius 2 is 1.92 bits per heavy atom. The van der Waals surface area contributed by atoms with Crippen LogP contribution >= 0.6 is 0 Å². The van der Waals surface area contributed by atoms with Gasteiger partial charge < -0.3 is 19.8 Å². The Hall–Kier alpha value is -3.98. The number of amides is 1. The van der Waals surface area contributed by atoms with Crippen molar-refractivity contribution in [1.82, 2.24) is 24.3 Å². The molecule has 0 bridgehead atoms. The van der Waals surface area contributed by atoms with Crippen molar-refractivity contribution in [3.05, 3.63) is 69.4 Å². The summed E-state index contributed by atoms with van der Waals surface area (Å²) in [6.45, 7) is 9.69. The molecule has 2 aromatic heterocycles. The van der Waals surface area contributed by atoms with Gasteiger partial charge in [0.15, 0.2) is 0 Å². The molecule has 2 N–H and O–H groups in total. The van der Waals surface area contributed by atoms with Gasteiger partial charge in [0, 0.05) is 57.6 Å². The Balaban J connectivity index is 1.41. The number of aromatic nitrogens is 3. The molecule has 1 saturated heterocycles. The SMILES string of the molecule is CCC(=O)N1CCN(CC=Cc2[nH]c(=O)c3c(ccc4nc(Nc5ccc(F)cc5C)n(C)c43)c2C)CC1. The van der Waals surface area contributed by atoms with E-state index in [0.717, 1.165) is 66.1 Å². The van der Waals surface area contributed by atoms with Crippen LogP contribution in [0, 0.1) is 19.7 Å². The van der Waals surface area contributed by atoms with Crippen molar-refractivity contribution in [1.29, 1.82) is 0 Å². The van der Waals surface area contributed by atoms with E-state index >= 15 is 0 Å². The Bertz CT molecular complexity index is 1610. The highest BCUT2D eigenvalue weighted by Crippen LogP contribution is 2.30. The smallest absolute Gasteiger partial charge is 0.258 e. The van der Waals surface area contributed by atoms with E-state index in [9.17, 15) is 14.0 Å². The molecule has 1 aliphatic rings. The zero-order valence-electron chi connectivity index (χ0n) is 22.3. The molecule has 2 aromatic carbocycles. The van der Waals surface area contributed by atoms with Gasteiger partial charge in [-0.1, -0.05) is 19.1 Å². The number of aromatic amines is 1. The maximum absolute atomic E-state index is 13.5. The fraction of sp³-hybridized carbons (Fsp3) is 0.345. The number of fused-ring (bicyclic) bond motifs is 3. The molecule has 1 fully saturated rings. The number of carbonyl (C=O) groups excluding carboxylic acids is 1. The zero-order valence-corrected chi connectivity index (χ0v) is 22.3. The summed E-state index contributed by atoms with van der Waals surface area (Å²) < 4.78 is 15.4. The van der Waals surface area contributed by atoms with Crippen molar-refractivity contribution in [2.45, 2.75) is 27.2 Å². The molecule has 3 heterocycles. The van der Waals surface area contributed by atoms with Crippen LogP contribution in [-0.4, -0.2) is 63.0 Å². The monoisotopic (exact) mass is 516 g/mol. The lowest BCUT2D eigenvalue weighted by atomic mass is 10.0. The van der Waals surface area contributed by atoms with E-state index in [2.05, 4.69) is 21.3 Å². The minimum Gasteiger partial charge on any atom is -0.340 e. The minimum atomic E-state index is -0.290. The number of nitrogens with one attached hydrogen (secondary N) is 2. The Morgan fingerprint density at radius 1 is 1.16 bits per heavy atom. The number of H-pyrrole nitrogens is 1. The van der Waals surface area contributed by atoms with Gasteiger partial charge in [-0.25, -0.2) is 9.37 Å². The summed E-state index contributed by atoms with van der Waals surface area (Å²) in [5.41, 5.74) is 4.56. The number of piperazine rings is 1. The molecule has 9 heteroatoms. The molecule has 38 heavy (non-hydrogen) atoms. The molecule has 8 nitrogen and oxygen atoms in total. The van der Waals surface area contributed by atoms with E-state index in [0.29, 0.717) is 23.3 Å². The maximum Gasteiger partial charge on any atom is 0.258 e. The summed E-state index contributed by atoms with van der Waals surface area (Å²) >= 11 is 0. The lowest BCUT2D eigenvalue weighted by Crippen LogP contribution is -2.48. The standard InChI is InChI=1S/C29H33FN6O2/c1-5-25(37)36-15-13-35(14-16-36)12-6-7-23-19(3)21-9-11-24-27(26(21)28(38)31-23)34(4)29(33-24)32-22-10-8-20(30)17-18(22)2/h6-11,17H,5,12-16H2,1-4H3,(H,31,38)(H,32,33). The van der Waals surface area contributed by atoms with Crippen LogP contribution in [0.1, 0.15) is 30.2 Å².